The van der Waals surface area contributed by atoms with Crippen LogP contribution in [0.15, 0.2) is 72.8 Å². The van der Waals surface area contributed by atoms with Crippen molar-refractivity contribution in [3.8, 4) is 0 Å². The van der Waals surface area contributed by atoms with Gasteiger partial charge in [-0.1, -0.05) is 55.7 Å². The van der Waals surface area contributed by atoms with Gasteiger partial charge in [0, 0.05) is 33.0 Å². The Morgan fingerprint density at radius 3 is 1.22 bits per heavy atom. The molecule has 2 aliphatic heterocycles. The Labute approximate surface area is 215 Å². The fourth-order valence-electron chi connectivity index (χ4n) is 5.23. The van der Waals surface area contributed by atoms with E-state index in [-0.39, 0.29) is 0 Å². The lowest BCUT2D eigenvalue weighted by Crippen LogP contribution is -2.43. The van der Waals surface area contributed by atoms with Crippen molar-refractivity contribution in [2.45, 2.75) is 20.5 Å². The molecule has 178 valence electrons. The first-order valence-corrected chi connectivity index (χ1v) is 12.4. The Kier molecular flexibility index (Phi) is 5.16. The highest BCUT2D eigenvalue weighted by Gasteiger charge is 2.40. The quantitative estimate of drug-likeness (QED) is 0.329. The van der Waals surface area contributed by atoms with Gasteiger partial charge in [-0.25, -0.2) is 9.80 Å². The van der Waals surface area contributed by atoms with E-state index in [0.717, 1.165) is 28.0 Å². The molecule has 0 aliphatic carbocycles. The van der Waals surface area contributed by atoms with Crippen LogP contribution in [0.1, 0.15) is 41.4 Å². The summed E-state index contributed by atoms with van der Waals surface area (Å²) in [5.41, 5.74) is 4.34. The molecule has 0 radical (unpaired) electrons. The summed E-state index contributed by atoms with van der Waals surface area (Å²) in [6.07, 6.45) is 0. The van der Waals surface area contributed by atoms with E-state index in [0.29, 0.717) is 51.1 Å². The molecule has 2 aliphatic rings. The summed E-state index contributed by atoms with van der Waals surface area (Å²) in [6, 6.07) is 21.0. The van der Waals surface area contributed by atoms with E-state index in [4.69, 9.17) is 0 Å². The van der Waals surface area contributed by atoms with Gasteiger partial charge in [-0.05, 0) is 48.5 Å². The van der Waals surface area contributed by atoms with E-state index >= 15 is 0 Å². The summed E-state index contributed by atoms with van der Waals surface area (Å²) in [6.45, 7) is 6.50. The summed E-state index contributed by atoms with van der Waals surface area (Å²) >= 11 is 0. The number of hydrogen-bond acceptors (Lipinski definition) is 4. The number of benzene rings is 4. The molecule has 0 saturated carbocycles. The van der Waals surface area contributed by atoms with Crippen LogP contribution in [-0.2, 0) is 0 Å². The second-order valence-corrected chi connectivity index (χ2v) is 9.73. The molecule has 4 aromatic rings. The van der Waals surface area contributed by atoms with Crippen LogP contribution in [0.3, 0.4) is 0 Å². The zero-order chi connectivity index (χ0) is 26.0. The zero-order valence-corrected chi connectivity index (χ0v) is 20.7. The van der Waals surface area contributed by atoms with Crippen LogP contribution in [0, 0.1) is 0 Å². The first kappa shape index (κ1) is 23.0. The van der Waals surface area contributed by atoms with Crippen LogP contribution in [0.4, 0.5) is 11.4 Å². The Balaban J connectivity index is 1.48. The van der Waals surface area contributed by atoms with Crippen molar-refractivity contribution < 1.29 is 19.2 Å². The molecule has 0 bridgehead atoms. The SMILES string of the molecule is CBc1ccc(N2C(=O)c3ccc4c5c(ccc(c35)C2=O)C(=O)N(c2ccc(B(C)C)cc2)C4=O)cc1. The number of imide groups is 2. The van der Waals surface area contributed by atoms with Gasteiger partial charge < -0.3 is 0 Å². The van der Waals surface area contributed by atoms with E-state index in [9.17, 15) is 19.2 Å². The average molecular weight is 484 g/mol. The molecule has 0 saturated heterocycles. The van der Waals surface area contributed by atoms with Crippen LogP contribution in [-0.4, -0.2) is 37.6 Å². The Bertz CT molecular complexity index is 1590. The normalized spacial score (nSPS) is 14.5. The molecular formula is C29H22B2N2O4. The minimum absolute atomic E-state index is 0.296. The van der Waals surface area contributed by atoms with E-state index < -0.39 is 23.6 Å². The van der Waals surface area contributed by atoms with Crippen LogP contribution < -0.4 is 20.7 Å². The van der Waals surface area contributed by atoms with Crippen LogP contribution in [0.5, 0.6) is 0 Å². The summed E-state index contributed by atoms with van der Waals surface area (Å²) in [5, 5.41) is 0.727. The van der Waals surface area contributed by atoms with E-state index in [2.05, 4.69) is 13.6 Å². The minimum atomic E-state index is -0.476. The fraction of sp³-hybridized carbons (Fsp3) is 0.103. The topological polar surface area (TPSA) is 74.8 Å². The average Bonchev–Trinajstić information content (AvgIpc) is 2.91. The van der Waals surface area contributed by atoms with Gasteiger partial charge in [0.1, 0.15) is 0 Å². The number of nitrogens with zero attached hydrogens (tertiary/aromatic N) is 2. The number of carbonyl (C=O) groups is 4. The van der Waals surface area contributed by atoms with Crippen LogP contribution in [0.25, 0.3) is 10.8 Å². The van der Waals surface area contributed by atoms with Gasteiger partial charge in [-0.15, -0.1) is 0 Å². The molecule has 0 atom stereocenters. The predicted octanol–water partition coefficient (Wildman–Crippen LogP) is 3.51. The Morgan fingerprint density at radius 2 is 0.892 bits per heavy atom. The molecule has 0 unspecified atom stereocenters. The van der Waals surface area contributed by atoms with Crippen LogP contribution >= 0.6 is 0 Å². The monoisotopic (exact) mass is 484 g/mol. The first-order chi connectivity index (χ1) is 17.8. The van der Waals surface area contributed by atoms with Crippen molar-refractivity contribution in [3.05, 3.63) is 95.1 Å². The zero-order valence-electron chi connectivity index (χ0n) is 20.7. The van der Waals surface area contributed by atoms with Crippen molar-refractivity contribution >= 4 is 70.7 Å². The number of anilines is 2. The second kappa shape index (κ2) is 8.30. The highest BCUT2D eigenvalue weighted by molar-refractivity contribution is 6.70. The highest BCUT2D eigenvalue weighted by Crippen LogP contribution is 2.39. The van der Waals surface area contributed by atoms with Gasteiger partial charge in [-0.2, -0.15) is 0 Å². The standard InChI is InChI=1S/C29H22B2N2O4/c1-30-16-4-8-18(9-5-16)32-26(34)20-12-14-22-25-23(15-13-21(24(20)25)27(32)35)29(37)33(28(22)36)19-10-6-17(7-11-19)31(2)3/h4-15,30H,1-3H3. The molecule has 0 spiro atoms. The molecular weight excluding hydrogens is 462 g/mol. The number of amides is 4. The molecule has 6 rings (SSSR count). The molecule has 0 N–H and O–H groups in total. The maximum Gasteiger partial charge on any atom is 0.265 e. The van der Waals surface area contributed by atoms with Crippen molar-refractivity contribution in [1.29, 1.82) is 0 Å². The van der Waals surface area contributed by atoms with Crippen molar-refractivity contribution in [1.82, 2.24) is 0 Å². The summed E-state index contributed by atoms with van der Waals surface area (Å²) in [5.74, 6) is -1.90. The van der Waals surface area contributed by atoms with Gasteiger partial charge >= 0.3 is 0 Å². The Morgan fingerprint density at radius 1 is 0.541 bits per heavy atom. The number of rotatable bonds is 4. The number of carbonyl (C=O) groups excluding carboxylic acids is 4. The van der Waals surface area contributed by atoms with Gasteiger partial charge in [-0.3, -0.25) is 19.2 Å². The summed E-state index contributed by atoms with van der Waals surface area (Å²) < 4.78 is 0. The van der Waals surface area contributed by atoms with E-state index in [1.54, 1.807) is 48.5 Å². The van der Waals surface area contributed by atoms with Crippen molar-refractivity contribution in [3.63, 3.8) is 0 Å². The molecule has 0 aromatic heterocycles. The molecule has 4 aromatic carbocycles. The van der Waals surface area contributed by atoms with Crippen LogP contribution in [0.2, 0.25) is 20.5 Å². The fourth-order valence-corrected chi connectivity index (χ4v) is 5.23. The van der Waals surface area contributed by atoms with E-state index in [1.807, 2.05) is 31.1 Å². The molecule has 37 heavy (non-hydrogen) atoms. The second-order valence-electron chi connectivity index (χ2n) is 9.73. The maximum atomic E-state index is 13.6. The van der Waals surface area contributed by atoms with E-state index in [1.165, 1.54) is 0 Å². The molecule has 4 amide bonds. The van der Waals surface area contributed by atoms with Gasteiger partial charge in [0.05, 0.1) is 11.4 Å². The third-order valence-corrected chi connectivity index (χ3v) is 7.32. The number of hydrogen-bond donors (Lipinski definition) is 0. The lowest BCUT2D eigenvalue weighted by molar-refractivity contribution is 0.0873. The smallest absolute Gasteiger partial charge is 0.265 e. The molecule has 0 fully saturated rings. The maximum absolute atomic E-state index is 13.6. The largest absolute Gasteiger partial charge is 0.268 e. The lowest BCUT2D eigenvalue weighted by atomic mass is 9.49. The first-order valence-electron chi connectivity index (χ1n) is 12.4. The van der Waals surface area contributed by atoms with Gasteiger partial charge in [0.2, 0.25) is 0 Å². The molecule has 6 nitrogen and oxygen atoms in total. The van der Waals surface area contributed by atoms with Gasteiger partial charge in [0.25, 0.3) is 23.6 Å². The van der Waals surface area contributed by atoms with Gasteiger partial charge in [0.15, 0.2) is 14.0 Å². The lowest BCUT2D eigenvalue weighted by Gasteiger charge is -2.32. The Hall–Kier alpha value is -4.45. The predicted molar refractivity (Wildman–Crippen MR) is 149 cm³/mol. The van der Waals surface area contributed by atoms with Crippen molar-refractivity contribution in [2.75, 3.05) is 9.80 Å². The third-order valence-electron chi connectivity index (χ3n) is 7.32. The third kappa shape index (κ3) is 3.29. The molecule has 8 heteroatoms. The minimum Gasteiger partial charge on any atom is -0.268 e. The summed E-state index contributed by atoms with van der Waals surface area (Å²) in [4.78, 5) is 56.6. The molecule has 2 heterocycles. The summed E-state index contributed by atoms with van der Waals surface area (Å²) in [7, 11) is 0.844. The highest BCUT2D eigenvalue weighted by atomic mass is 16.2. The van der Waals surface area contributed by atoms with Crippen molar-refractivity contribution in [2.24, 2.45) is 0 Å².